The molecule has 2 aliphatic rings. The number of anilines is 1. The highest BCUT2D eigenvalue weighted by atomic mass is 32.2. The first kappa shape index (κ1) is 23.4. The first-order valence-corrected chi connectivity index (χ1v) is 12.9. The summed E-state index contributed by atoms with van der Waals surface area (Å²) in [5.74, 6) is -0.151. The van der Waals surface area contributed by atoms with Crippen LogP contribution in [0.1, 0.15) is 67.4 Å². The number of nitrogens with one attached hydrogen (secondary N) is 2. The molecule has 1 saturated carbocycles. The molecule has 1 aliphatic heterocycles. The number of hydrogen-bond donors (Lipinski definition) is 2. The third kappa shape index (κ3) is 4.68. The second kappa shape index (κ2) is 8.91. The molecule has 2 amide bonds. The average Bonchev–Trinajstić information content (AvgIpc) is 2.98. The Balaban J connectivity index is 1.41. The summed E-state index contributed by atoms with van der Waals surface area (Å²) >= 11 is 0. The van der Waals surface area contributed by atoms with Crippen molar-refractivity contribution < 1.29 is 18.0 Å². The molecule has 2 aromatic rings. The van der Waals surface area contributed by atoms with E-state index in [1.54, 1.807) is 62.2 Å². The van der Waals surface area contributed by atoms with E-state index >= 15 is 0 Å². The van der Waals surface area contributed by atoms with E-state index in [9.17, 15) is 18.0 Å². The fourth-order valence-corrected chi connectivity index (χ4v) is 5.71. The number of carbonyl (C=O) groups is 2. The van der Waals surface area contributed by atoms with Crippen LogP contribution in [0.3, 0.4) is 0 Å². The van der Waals surface area contributed by atoms with Gasteiger partial charge in [-0.2, -0.15) is 0 Å². The highest BCUT2D eigenvalue weighted by molar-refractivity contribution is 7.89. The Morgan fingerprint density at radius 3 is 2.39 bits per heavy atom. The fraction of sp³-hybridized carbons (Fsp3) is 0.440. The van der Waals surface area contributed by atoms with Crippen molar-refractivity contribution in [1.82, 2.24) is 10.0 Å². The zero-order valence-electron chi connectivity index (χ0n) is 19.3. The highest BCUT2D eigenvalue weighted by Gasteiger charge is 2.42. The number of fused-ring (bicyclic) bond motifs is 1. The number of benzene rings is 2. The molecule has 0 bridgehead atoms. The van der Waals surface area contributed by atoms with E-state index in [4.69, 9.17) is 0 Å². The van der Waals surface area contributed by atoms with Crippen molar-refractivity contribution in [2.24, 2.45) is 0 Å². The molecule has 0 aromatic heterocycles. The minimum atomic E-state index is -3.77. The topological polar surface area (TPSA) is 95.6 Å². The van der Waals surface area contributed by atoms with E-state index < -0.39 is 15.4 Å². The van der Waals surface area contributed by atoms with E-state index in [0.717, 1.165) is 36.9 Å². The molecule has 2 aromatic carbocycles. The highest BCUT2D eigenvalue weighted by Crippen LogP contribution is 2.41. The Labute approximate surface area is 195 Å². The Bertz CT molecular complexity index is 1170. The molecule has 8 heteroatoms. The maximum Gasteiger partial charge on any atom is 0.251 e. The Kier molecular flexibility index (Phi) is 6.33. The predicted octanol–water partition coefficient (Wildman–Crippen LogP) is 3.48. The van der Waals surface area contributed by atoms with Gasteiger partial charge in [-0.3, -0.25) is 9.59 Å². The number of carbonyl (C=O) groups excluding carboxylic acids is 2. The fourth-order valence-electron chi connectivity index (χ4n) is 4.67. The molecule has 0 radical (unpaired) electrons. The van der Waals surface area contributed by atoms with Crippen molar-refractivity contribution in [3.05, 3.63) is 59.2 Å². The van der Waals surface area contributed by atoms with Gasteiger partial charge in [0.15, 0.2) is 0 Å². The summed E-state index contributed by atoms with van der Waals surface area (Å²) in [6.45, 7) is 3.70. The molecular weight excluding hydrogens is 438 g/mol. The standard InChI is InChI=1S/C25H31N3O4S/c1-25(2)21-15-20(13-14-22(21)28(3)24(25)30)33(31,32)26-16-17-9-11-18(12-10-17)23(29)27-19-7-5-4-6-8-19/h9-15,19,26H,4-8,16H2,1-3H3,(H,27,29). The summed E-state index contributed by atoms with van der Waals surface area (Å²) in [7, 11) is -2.07. The molecule has 0 atom stereocenters. The Morgan fingerprint density at radius 2 is 1.73 bits per heavy atom. The second-order valence-electron chi connectivity index (χ2n) is 9.50. The molecule has 4 rings (SSSR count). The summed E-state index contributed by atoms with van der Waals surface area (Å²) in [6.07, 6.45) is 5.58. The first-order chi connectivity index (χ1) is 15.6. The van der Waals surface area contributed by atoms with Crippen LogP contribution >= 0.6 is 0 Å². The van der Waals surface area contributed by atoms with E-state index in [1.165, 1.54) is 12.5 Å². The van der Waals surface area contributed by atoms with Crippen LogP contribution in [-0.2, 0) is 26.8 Å². The molecule has 1 aliphatic carbocycles. The van der Waals surface area contributed by atoms with Crippen LogP contribution in [0.15, 0.2) is 47.4 Å². The number of amides is 2. The molecule has 1 fully saturated rings. The van der Waals surface area contributed by atoms with Gasteiger partial charge >= 0.3 is 0 Å². The van der Waals surface area contributed by atoms with Crippen molar-refractivity contribution in [2.75, 3.05) is 11.9 Å². The van der Waals surface area contributed by atoms with E-state index in [0.29, 0.717) is 11.1 Å². The second-order valence-corrected chi connectivity index (χ2v) is 11.3. The molecule has 0 saturated heterocycles. The Hall–Kier alpha value is -2.71. The molecular formula is C25H31N3O4S. The van der Waals surface area contributed by atoms with Gasteiger partial charge in [0, 0.05) is 30.9 Å². The summed E-state index contributed by atoms with van der Waals surface area (Å²) in [4.78, 5) is 26.6. The van der Waals surface area contributed by atoms with Crippen molar-refractivity contribution in [3.63, 3.8) is 0 Å². The van der Waals surface area contributed by atoms with Crippen LogP contribution in [0.25, 0.3) is 0 Å². The van der Waals surface area contributed by atoms with Gasteiger partial charge in [0.05, 0.1) is 10.3 Å². The number of rotatable bonds is 6. The van der Waals surface area contributed by atoms with Gasteiger partial charge in [-0.15, -0.1) is 0 Å². The normalized spacial score (nSPS) is 18.3. The maximum absolute atomic E-state index is 12.9. The van der Waals surface area contributed by atoms with E-state index in [-0.39, 0.29) is 29.3 Å². The Morgan fingerprint density at radius 1 is 1.06 bits per heavy atom. The smallest absolute Gasteiger partial charge is 0.251 e. The number of nitrogens with zero attached hydrogens (tertiary/aromatic N) is 1. The summed E-state index contributed by atoms with van der Waals surface area (Å²) < 4.78 is 28.4. The van der Waals surface area contributed by atoms with Crippen molar-refractivity contribution in [3.8, 4) is 0 Å². The van der Waals surface area contributed by atoms with Gasteiger partial charge in [0.1, 0.15) is 0 Å². The van der Waals surface area contributed by atoms with E-state index in [2.05, 4.69) is 10.0 Å². The largest absolute Gasteiger partial charge is 0.349 e. The van der Waals surface area contributed by atoms with Crippen LogP contribution in [-0.4, -0.2) is 33.3 Å². The van der Waals surface area contributed by atoms with Gasteiger partial charge in [0.2, 0.25) is 15.9 Å². The van der Waals surface area contributed by atoms with Crippen molar-refractivity contribution in [1.29, 1.82) is 0 Å². The molecule has 33 heavy (non-hydrogen) atoms. The zero-order valence-corrected chi connectivity index (χ0v) is 20.2. The number of sulfonamides is 1. The van der Waals surface area contributed by atoms with Crippen LogP contribution < -0.4 is 14.9 Å². The lowest BCUT2D eigenvalue weighted by Gasteiger charge is -2.22. The molecule has 1 heterocycles. The minimum Gasteiger partial charge on any atom is -0.349 e. The predicted molar refractivity (Wildman–Crippen MR) is 128 cm³/mol. The number of likely N-dealkylation sites (N-methyl/N-ethyl adjacent to an activating group) is 1. The first-order valence-electron chi connectivity index (χ1n) is 11.4. The lowest BCUT2D eigenvalue weighted by molar-refractivity contribution is -0.121. The quantitative estimate of drug-likeness (QED) is 0.677. The molecule has 176 valence electrons. The molecule has 2 N–H and O–H groups in total. The van der Waals surface area contributed by atoms with Gasteiger partial charge in [-0.1, -0.05) is 31.4 Å². The van der Waals surface area contributed by atoms with Crippen molar-refractivity contribution >= 4 is 27.5 Å². The van der Waals surface area contributed by atoms with Gasteiger partial charge in [0.25, 0.3) is 5.91 Å². The molecule has 0 unspecified atom stereocenters. The van der Waals surface area contributed by atoms with Crippen LogP contribution in [0.5, 0.6) is 0 Å². The summed E-state index contributed by atoms with van der Waals surface area (Å²) in [5, 5.41) is 3.09. The van der Waals surface area contributed by atoms with Gasteiger partial charge < -0.3 is 10.2 Å². The minimum absolute atomic E-state index is 0.0624. The zero-order chi connectivity index (χ0) is 23.8. The summed E-state index contributed by atoms with van der Waals surface area (Å²) in [5.41, 5.74) is 1.98. The monoisotopic (exact) mass is 469 g/mol. The SMILES string of the molecule is CN1C(=O)C(C)(C)c2cc(S(=O)(=O)NCc3ccc(C(=O)NC4CCCCC4)cc3)ccc21. The van der Waals surface area contributed by atoms with E-state index in [1.807, 2.05) is 0 Å². The van der Waals surface area contributed by atoms with Gasteiger partial charge in [-0.25, -0.2) is 13.1 Å². The number of hydrogen-bond acceptors (Lipinski definition) is 4. The summed E-state index contributed by atoms with van der Waals surface area (Å²) in [6, 6.07) is 12.0. The third-order valence-corrected chi connectivity index (χ3v) is 8.17. The molecule has 7 nitrogen and oxygen atoms in total. The van der Waals surface area contributed by atoms with Crippen LogP contribution in [0.2, 0.25) is 0 Å². The lowest BCUT2D eigenvalue weighted by Crippen LogP contribution is -2.36. The van der Waals surface area contributed by atoms with Crippen LogP contribution in [0, 0.1) is 0 Å². The lowest BCUT2D eigenvalue weighted by atomic mass is 9.86. The van der Waals surface area contributed by atoms with Crippen molar-refractivity contribution in [2.45, 2.75) is 68.8 Å². The average molecular weight is 470 g/mol. The maximum atomic E-state index is 12.9. The third-order valence-electron chi connectivity index (χ3n) is 6.78. The van der Waals surface area contributed by atoms with Gasteiger partial charge in [-0.05, 0) is 68.1 Å². The molecule has 0 spiro atoms. The van der Waals surface area contributed by atoms with Crippen LogP contribution in [0.4, 0.5) is 5.69 Å².